The van der Waals surface area contributed by atoms with Crippen LogP contribution < -0.4 is 72.9 Å². The number of methoxy groups -OCH3 is 8. The second-order valence-electron chi connectivity index (χ2n) is 20.8. The molecule has 0 bridgehead atoms. The molecule has 32 heteroatoms. The van der Waals surface area contributed by atoms with Gasteiger partial charge < -0.3 is 82.5 Å². The standard InChI is InChI=1S/2C36H32N4O6.4CH2Cl2.2ClH.2Mn/c2*1-43-31-17-9-5-13-23(31)27-21-29(25-15-7-11-19-33(25)45-3)39(37-27)35(36(41)42)40-30(26-16-8-12-20-34(26)46-4)22-28(38-40)24-14-6-10-18-32(24)44-2;4*2-1-3;;;;/h2*5-22,35H,1-4H3,(H,41,42);4*1H2;2*1H;;/q;;;;;;;;2*+2/p-4. The fraction of sp³-hybridized carbons (Fsp3) is 0.184. The van der Waals surface area contributed by atoms with Crippen LogP contribution in [-0.4, -0.2) is 129 Å². The number of carboxylic acids is 2. The third kappa shape index (κ3) is 23.0. The van der Waals surface area contributed by atoms with Crippen molar-refractivity contribution in [3.63, 3.8) is 0 Å². The van der Waals surface area contributed by atoms with Crippen LogP contribution in [0.1, 0.15) is 12.3 Å². The molecule has 0 aliphatic rings. The van der Waals surface area contributed by atoms with E-state index in [0.717, 1.165) is 0 Å². The summed E-state index contributed by atoms with van der Waals surface area (Å²) in [5.41, 5.74) is 9.02. The third-order valence-electron chi connectivity index (χ3n) is 15.4. The number of hydrogen-bond donors (Lipinski definition) is 0. The molecule has 0 spiro atoms. The van der Waals surface area contributed by atoms with Gasteiger partial charge in [0.1, 0.15) is 46.0 Å². The molecule has 0 fully saturated rings. The molecule has 12 rings (SSSR count). The summed E-state index contributed by atoms with van der Waals surface area (Å²) >= 11 is 38.1. The number of hydrogen-bond acceptors (Lipinski definition) is 16. The summed E-state index contributed by atoms with van der Waals surface area (Å²) in [6, 6.07) is 66.1. The number of carbonyl (C=O) groups excluding carboxylic acids is 2. The summed E-state index contributed by atoms with van der Waals surface area (Å²) in [5, 5.41) is 47.0. The molecular formula is C76H70Cl10Mn2N8O12. The van der Waals surface area contributed by atoms with Crippen LogP contribution in [-0.2, 0) is 43.7 Å². The molecule has 0 saturated heterocycles. The Morgan fingerprint density at radius 1 is 0.287 bits per heavy atom. The number of carboxylic acid groups (broad SMARTS) is 2. The van der Waals surface area contributed by atoms with E-state index in [2.05, 4.69) is 0 Å². The van der Waals surface area contributed by atoms with E-state index >= 15 is 0 Å². The summed E-state index contributed by atoms with van der Waals surface area (Å²) in [5.74, 6) is 1.59. The first-order valence-electron chi connectivity index (χ1n) is 31.0. The second kappa shape index (κ2) is 48.4. The molecule has 20 nitrogen and oxygen atoms in total. The third-order valence-corrected chi connectivity index (χ3v) is 15.4. The van der Waals surface area contributed by atoms with Crippen molar-refractivity contribution in [2.24, 2.45) is 0 Å². The van der Waals surface area contributed by atoms with Gasteiger partial charge in [-0.05, 0) is 121 Å². The van der Waals surface area contributed by atoms with Crippen LogP contribution in [0.15, 0.2) is 218 Å². The summed E-state index contributed by atoms with van der Waals surface area (Å²) in [6.45, 7) is 0. The monoisotopic (exact) mass is 1750 g/mol. The van der Waals surface area contributed by atoms with Gasteiger partial charge in [-0.25, -0.2) is 18.7 Å². The molecule has 8 aromatic carbocycles. The molecule has 12 aromatic rings. The molecule has 0 unspecified atom stereocenters. The van der Waals surface area contributed by atoms with Crippen molar-refractivity contribution in [1.82, 2.24) is 39.1 Å². The SMILES string of the molecule is COc1ccccc1-c1cc(-c2ccccc2OC)n(C(C(=O)[O-])n2nc(-c3ccccc3OC)cc2-c2ccccc2OC)n1.COc1ccccc1-c1cc(-c2ccccc2OC)n(C(C(=O)[O-])n2nc(-c3ccccc3OC)cc2-c2ccccc2OC)n1.ClCCl.ClCCl.ClCCl.ClCCl.[Cl-].[Cl-].[Mn+2].[Mn+2]. The van der Waals surface area contributed by atoms with Gasteiger partial charge in [-0.15, -0.1) is 92.8 Å². The molecule has 0 aliphatic heterocycles. The van der Waals surface area contributed by atoms with Crippen molar-refractivity contribution < 1.29 is 117 Å². The van der Waals surface area contributed by atoms with Gasteiger partial charge >= 0.3 is 34.1 Å². The number of aromatic nitrogens is 8. The van der Waals surface area contributed by atoms with Crippen molar-refractivity contribution in [3.8, 4) is 136 Å². The summed E-state index contributed by atoms with van der Waals surface area (Å²) in [7, 11) is 12.5. The van der Waals surface area contributed by atoms with Crippen molar-refractivity contribution in [1.29, 1.82) is 0 Å². The first kappa shape index (κ1) is 94.1. The normalized spacial score (nSPS) is 10.0. The van der Waals surface area contributed by atoms with E-state index in [9.17, 15) is 19.8 Å². The fourth-order valence-corrected chi connectivity index (χ4v) is 11.1. The zero-order valence-corrected chi connectivity index (χ0v) is 68.7. The quantitative estimate of drug-likeness (QED) is 0.0454. The van der Waals surface area contributed by atoms with Gasteiger partial charge in [-0.1, -0.05) is 97.1 Å². The molecule has 0 N–H and O–H groups in total. The van der Waals surface area contributed by atoms with E-state index in [1.54, 1.807) is 105 Å². The first-order valence-corrected chi connectivity index (χ1v) is 35.3. The predicted octanol–water partition coefficient (Wildman–Crippen LogP) is 10.8. The van der Waals surface area contributed by atoms with E-state index in [1.165, 1.54) is 18.7 Å². The Balaban J connectivity index is 0.000000473. The minimum Gasteiger partial charge on any atom is -1.00 e. The number of ether oxygens (including phenoxy) is 8. The van der Waals surface area contributed by atoms with E-state index in [1.807, 2.05) is 170 Å². The number of para-hydroxylation sites is 8. The number of halogens is 10. The second-order valence-corrected chi connectivity index (χ2v) is 24.1. The molecule has 2 radical (unpaired) electrons. The maximum Gasteiger partial charge on any atom is 2.00 e. The maximum absolute atomic E-state index is 13.4. The fourth-order valence-electron chi connectivity index (χ4n) is 11.1. The Bertz CT molecular complexity index is 4170. The van der Waals surface area contributed by atoms with Gasteiger partial charge in [-0.2, -0.15) is 20.4 Å². The van der Waals surface area contributed by atoms with E-state index < -0.39 is 24.3 Å². The van der Waals surface area contributed by atoms with Crippen LogP contribution in [0.4, 0.5) is 0 Å². The molecule has 0 amide bonds. The van der Waals surface area contributed by atoms with Crippen LogP contribution >= 0.6 is 92.8 Å². The van der Waals surface area contributed by atoms with Crippen LogP contribution in [0.2, 0.25) is 0 Å². The maximum atomic E-state index is 13.4. The Morgan fingerprint density at radius 2 is 0.417 bits per heavy atom. The van der Waals surface area contributed by atoms with Gasteiger partial charge in [0.05, 0.1) is 136 Å². The zero-order chi connectivity index (χ0) is 75.2. The van der Waals surface area contributed by atoms with Gasteiger partial charge in [0, 0.05) is 44.5 Å². The smallest absolute Gasteiger partial charge is 1.00 e. The minimum absolute atomic E-state index is 0. The number of alkyl halides is 8. The average Bonchev–Trinajstić information content (AvgIpc) is 1.61. The van der Waals surface area contributed by atoms with Crippen LogP contribution in [0, 0.1) is 0 Å². The zero-order valence-electron chi connectivity index (χ0n) is 58.8. The van der Waals surface area contributed by atoms with Gasteiger partial charge in [0.2, 0.25) is 0 Å². The molecule has 0 saturated carbocycles. The van der Waals surface area contributed by atoms with Crippen LogP contribution in [0.25, 0.3) is 90.1 Å². The molecule has 0 atom stereocenters. The summed E-state index contributed by atoms with van der Waals surface area (Å²) < 4.78 is 50.8. The first-order chi connectivity index (χ1) is 50.6. The molecule has 4 aromatic heterocycles. The van der Waals surface area contributed by atoms with Gasteiger partial charge in [-0.3, -0.25) is 0 Å². The number of benzene rings is 8. The van der Waals surface area contributed by atoms with E-state index in [0.29, 0.717) is 136 Å². The Hall–Kier alpha value is -8.12. The van der Waals surface area contributed by atoms with Crippen LogP contribution in [0.5, 0.6) is 46.0 Å². The summed E-state index contributed by atoms with van der Waals surface area (Å²) in [4.78, 5) is 26.7. The van der Waals surface area contributed by atoms with E-state index in [-0.39, 0.29) is 80.3 Å². The average molecular weight is 1750 g/mol. The number of aliphatic carboxylic acids is 2. The summed E-state index contributed by atoms with van der Waals surface area (Å²) in [6.07, 6.45) is -3.10. The van der Waals surface area contributed by atoms with Crippen molar-refractivity contribution in [3.05, 3.63) is 218 Å². The van der Waals surface area contributed by atoms with Gasteiger partial charge in [0.15, 0.2) is 12.3 Å². The molecular weight excluding hydrogens is 1680 g/mol. The minimum atomic E-state index is -1.55. The van der Waals surface area contributed by atoms with Crippen molar-refractivity contribution in [2.45, 2.75) is 12.3 Å². The number of carbonyl (C=O) groups is 2. The number of nitrogens with zero attached hydrogens (tertiary/aromatic N) is 8. The molecule has 0 aliphatic carbocycles. The largest absolute Gasteiger partial charge is 2.00 e. The van der Waals surface area contributed by atoms with Crippen molar-refractivity contribution in [2.75, 3.05) is 78.2 Å². The van der Waals surface area contributed by atoms with E-state index in [4.69, 9.17) is 151 Å². The molecule has 570 valence electrons. The van der Waals surface area contributed by atoms with Crippen molar-refractivity contribution >= 4 is 105 Å². The molecule has 108 heavy (non-hydrogen) atoms. The predicted molar refractivity (Wildman–Crippen MR) is 410 cm³/mol. The Labute approximate surface area is 699 Å². The van der Waals surface area contributed by atoms with Crippen LogP contribution in [0.3, 0.4) is 0 Å². The molecule has 4 heterocycles. The van der Waals surface area contributed by atoms with Gasteiger partial charge in [0.25, 0.3) is 0 Å². The number of rotatable bonds is 22. The Kier molecular flexibility index (Phi) is 42.2. The topological polar surface area (TPSA) is 225 Å². The Morgan fingerprint density at radius 3 is 0.556 bits per heavy atom.